The second-order valence-electron chi connectivity index (χ2n) is 0.531. The van der Waals surface area contributed by atoms with E-state index in [4.69, 9.17) is 1.37 Å². The fourth-order valence-electron chi connectivity index (χ4n) is 0.118. The highest BCUT2D eigenvalue weighted by atomic mass is 32.1. The molecule has 0 unspecified atom stereocenters. The molecular weight excluding hydrogens is 84.1 g/mol. The maximum absolute atomic E-state index is 6.66. The van der Waals surface area contributed by atoms with E-state index in [1.807, 2.05) is 0 Å². The van der Waals surface area contributed by atoms with E-state index in [2.05, 4.69) is 9.36 Å². The first-order valence-electron chi connectivity index (χ1n) is 1.62. The Morgan fingerprint density at radius 1 is 2.00 bits per heavy atom. The van der Waals surface area contributed by atoms with E-state index in [0.717, 1.165) is 0 Å². The molecule has 0 amide bonds. The van der Waals surface area contributed by atoms with Crippen molar-refractivity contribution >= 4 is 11.5 Å². The molecule has 5 heavy (non-hydrogen) atoms. The Kier molecular flexibility index (Phi) is 0.420. The van der Waals surface area contributed by atoms with Gasteiger partial charge in [-0.25, -0.2) is 4.98 Å². The number of aromatic nitrogens is 2. The fourth-order valence-corrected chi connectivity index (χ4v) is 0.354. The molecule has 0 aliphatic carbocycles. The third-order valence-electron chi connectivity index (χ3n) is 0.251. The molecule has 0 saturated carbocycles. The van der Waals surface area contributed by atoms with Crippen molar-refractivity contribution in [2.75, 3.05) is 0 Å². The maximum atomic E-state index is 6.66. The molecule has 1 aromatic rings. The molecule has 0 aliphatic rings. The first kappa shape index (κ1) is 1.87. The number of rotatable bonds is 0. The average Bonchev–Trinajstić information content (AvgIpc) is 1.86. The summed E-state index contributed by atoms with van der Waals surface area (Å²) in [5.74, 6) is 0. The summed E-state index contributed by atoms with van der Waals surface area (Å²) >= 11 is 1.19. The van der Waals surface area contributed by atoms with Gasteiger partial charge in [0.15, 0.2) is 0 Å². The van der Waals surface area contributed by atoms with Crippen LogP contribution < -0.4 is 0 Å². The second-order valence-corrected chi connectivity index (χ2v) is 1.14. The Morgan fingerprint density at radius 3 is 3.20 bits per heavy atom. The fraction of sp³-hybridized carbons (Fsp3) is 0. The third-order valence-corrected chi connectivity index (χ3v) is 0.638. The van der Waals surface area contributed by atoms with Crippen molar-refractivity contribution in [2.24, 2.45) is 0 Å². The number of nitrogens with zero attached hydrogens (tertiary/aromatic N) is 2. The molecular formula is C2H2N2S. The van der Waals surface area contributed by atoms with Crippen molar-refractivity contribution in [1.29, 1.82) is 0 Å². The molecule has 26 valence electrons. The van der Waals surface area contributed by atoms with Crippen molar-refractivity contribution in [2.45, 2.75) is 0 Å². The van der Waals surface area contributed by atoms with Crippen LogP contribution in [-0.2, 0) is 0 Å². The third kappa shape index (κ3) is 0.417. The zero-order valence-corrected chi connectivity index (χ0v) is 3.20. The monoisotopic (exact) mass is 87.0 g/mol. The summed E-state index contributed by atoms with van der Waals surface area (Å²) in [5, 5.41) is 0. The minimum Gasteiger partial charge on any atom is -0.231 e. The van der Waals surface area contributed by atoms with Crippen molar-refractivity contribution < 1.29 is 1.37 Å². The second kappa shape index (κ2) is 1.12. The van der Waals surface area contributed by atoms with E-state index in [-0.39, 0.29) is 6.30 Å². The molecule has 0 aromatic carbocycles. The van der Waals surface area contributed by atoms with Gasteiger partial charge in [-0.2, -0.15) is 4.37 Å². The van der Waals surface area contributed by atoms with Crippen molar-refractivity contribution in [3.63, 3.8) is 0 Å². The Bertz CT molecular complexity index is 115. The molecule has 3 heteroatoms. The SMILES string of the molecule is [2H]c1ncsn1. The Labute approximate surface area is 35.1 Å². The summed E-state index contributed by atoms with van der Waals surface area (Å²) in [6.45, 7) is 0. The molecule has 0 N–H and O–H groups in total. The molecule has 0 fully saturated rings. The van der Waals surface area contributed by atoms with Crippen LogP contribution in [-0.4, -0.2) is 9.36 Å². The highest BCUT2D eigenvalue weighted by molar-refractivity contribution is 7.03. The smallest absolute Gasteiger partial charge is 0.129 e. The van der Waals surface area contributed by atoms with Gasteiger partial charge in [0, 0.05) is 0 Å². The van der Waals surface area contributed by atoms with Gasteiger partial charge in [0.25, 0.3) is 0 Å². The van der Waals surface area contributed by atoms with Gasteiger partial charge in [-0.3, -0.25) is 0 Å². The van der Waals surface area contributed by atoms with Gasteiger partial charge in [0.2, 0.25) is 0 Å². The quantitative estimate of drug-likeness (QED) is 0.461. The summed E-state index contributed by atoms with van der Waals surface area (Å²) in [6, 6.07) is 0. The van der Waals surface area contributed by atoms with Crippen molar-refractivity contribution in [1.82, 2.24) is 9.36 Å². The molecule has 0 spiro atoms. The van der Waals surface area contributed by atoms with Gasteiger partial charge in [0.05, 0.1) is 0 Å². The molecule has 0 radical (unpaired) electrons. The molecule has 1 aromatic heterocycles. The van der Waals surface area contributed by atoms with Crippen LogP contribution in [0.3, 0.4) is 0 Å². The van der Waals surface area contributed by atoms with Crippen molar-refractivity contribution in [3.8, 4) is 0 Å². The summed E-state index contributed by atoms with van der Waals surface area (Å²) in [4.78, 5) is 3.49. The molecule has 0 aliphatic heterocycles. The van der Waals surface area contributed by atoms with Crippen LogP contribution in [0.5, 0.6) is 0 Å². The molecule has 0 saturated heterocycles. The normalized spacial score (nSPS) is 10.8. The summed E-state index contributed by atoms with van der Waals surface area (Å²) in [5.41, 5.74) is 1.53. The first-order chi connectivity index (χ1) is 2.89. The Morgan fingerprint density at radius 2 is 3.00 bits per heavy atom. The lowest BCUT2D eigenvalue weighted by Crippen LogP contribution is -1.43. The van der Waals surface area contributed by atoms with E-state index >= 15 is 0 Å². The summed E-state index contributed by atoms with van der Waals surface area (Å²) < 4.78 is 10.2. The average molecular weight is 87.1 g/mol. The van der Waals surface area contributed by atoms with Crippen LogP contribution in [0.1, 0.15) is 1.37 Å². The van der Waals surface area contributed by atoms with Crippen LogP contribution in [0.25, 0.3) is 0 Å². The molecule has 0 bridgehead atoms. The largest absolute Gasteiger partial charge is 0.231 e. The van der Waals surface area contributed by atoms with Gasteiger partial charge >= 0.3 is 0 Å². The van der Waals surface area contributed by atoms with Gasteiger partial charge in [-0.15, -0.1) is 0 Å². The highest BCUT2D eigenvalue weighted by Crippen LogP contribution is 1.77. The van der Waals surface area contributed by atoms with E-state index in [0.29, 0.717) is 0 Å². The van der Waals surface area contributed by atoms with Gasteiger partial charge < -0.3 is 0 Å². The summed E-state index contributed by atoms with van der Waals surface area (Å²) in [7, 11) is 0. The minimum atomic E-state index is 0.111. The predicted octanol–water partition coefficient (Wildman–Crippen LogP) is 0.538. The lowest BCUT2D eigenvalue weighted by Gasteiger charge is -1.38. The summed E-state index contributed by atoms with van der Waals surface area (Å²) in [6.07, 6.45) is 0.111. The zero-order valence-electron chi connectivity index (χ0n) is 3.38. The van der Waals surface area contributed by atoms with Gasteiger partial charge in [-0.05, 0) is 11.5 Å². The molecule has 1 heterocycles. The standard InChI is InChI=1S/C2H2N2S/c1-3-2-5-4-1/h1-2H/i1D. The molecule has 1 rings (SSSR count). The van der Waals surface area contributed by atoms with Crippen LogP contribution in [0.15, 0.2) is 11.8 Å². The molecule has 0 atom stereocenters. The van der Waals surface area contributed by atoms with Crippen LogP contribution >= 0.6 is 11.5 Å². The number of hydrogen-bond donors (Lipinski definition) is 0. The van der Waals surface area contributed by atoms with E-state index in [1.54, 1.807) is 0 Å². The zero-order chi connectivity index (χ0) is 4.41. The van der Waals surface area contributed by atoms with Gasteiger partial charge in [-0.1, -0.05) is 0 Å². The lowest BCUT2D eigenvalue weighted by atomic mass is 11.4. The predicted molar refractivity (Wildman–Crippen MR) is 19.9 cm³/mol. The van der Waals surface area contributed by atoms with Gasteiger partial charge in [0.1, 0.15) is 13.2 Å². The minimum absolute atomic E-state index is 0.111. The van der Waals surface area contributed by atoms with Crippen molar-refractivity contribution in [3.05, 3.63) is 11.8 Å². The van der Waals surface area contributed by atoms with E-state index in [9.17, 15) is 0 Å². The topological polar surface area (TPSA) is 25.8 Å². The molecule has 2 nitrogen and oxygen atoms in total. The highest BCUT2D eigenvalue weighted by Gasteiger charge is 1.60. The van der Waals surface area contributed by atoms with Crippen LogP contribution in [0, 0.1) is 0 Å². The van der Waals surface area contributed by atoms with E-state index in [1.165, 1.54) is 17.0 Å². The van der Waals surface area contributed by atoms with Crippen LogP contribution in [0.2, 0.25) is 0 Å². The first-order valence-corrected chi connectivity index (χ1v) is 1.96. The Hall–Kier alpha value is -0.440. The number of hydrogen-bond acceptors (Lipinski definition) is 3. The maximum Gasteiger partial charge on any atom is 0.129 e. The van der Waals surface area contributed by atoms with E-state index < -0.39 is 0 Å². The van der Waals surface area contributed by atoms with Crippen LogP contribution in [0.4, 0.5) is 0 Å². The Balaban J connectivity index is 3.05. The lowest BCUT2D eigenvalue weighted by molar-refractivity contribution is 1.33.